The summed E-state index contributed by atoms with van der Waals surface area (Å²) in [5, 5.41) is 5.85. The number of piperidine rings is 1. The Morgan fingerprint density at radius 2 is 2.04 bits per heavy atom. The highest BCUT2D eigenvalue weighted by Gasteiger charge is 2.39. The summed E-state index contributed by atoms with van der Waals surface area (Å²) >= 11 is 0. The van der Waals surface area contributed by atoms with E-state index in [9.17, 15) is 14.4 Å². The molecule has 7 nitrogen and oxygen atoms in total. The first kappa shape index (κ1) is 17.2. The van der Waals surface area contributed by atoms with Crippen LogP contribution in [-0.4, -0.2) is 40.7 Å². The molecule has 138 valence electrons. The zero-order valence-corrected chi connectivity index (χ0v) is 14.7. The van der Waals surface area contributed by atoms with Gasteiger partial charge in [-0.2, -0.15) is 0 Å². The van der Waals surface area contributed by atoms with Crippen LogP contribution < -0.4 is 16.4 Å². The molecule has 26 heavy (non-hydrogen) atoms. The first-order valence-electron chi connectivity index (χ1n) is 9.27. The maximum absolute atomic E-state index is 13.0. The van der Waals surface area contributed by atoms with Crippen LogP contribution in [0.4, 0.5) is 0 Å². The molecule has 3 aliphatic rings. The lowest BCUT2D eigenvalue weighted by atomic mass is 10.0. The molecular formula is C19H24N4O3. The molecule has 3 amide bonds. The molecule has 0 bridgehead atoms. The average Bonchev–Trinajstić information content (AvgIpc) is 3.17. The molecule has 4 N–H and O–H groups in total. The molecule has 4 rings (SSSR count). The lowest BCUT2D eigenvalue weighted by Gasteiger charge is -2.29. The zero-order valence-electron chi connectivity index (χ0n) is 14.7. The Balaban J connectivity index is 1.49. The third-order valence-electron chi connectivity index (χ3n) is 5.69. The summed E-state index contributed by atoms with van der Waals surface area (Å²) in [5.74, 6) is -0.757. The normalized spacial score (nSPS) is 28.4. The lowest BCUT2D eigenvalue weighted by Crippen LogP contribution is -2.52. The highest BCUT2D eigenvalue weighted by Crippen LogP contribution is 2.30. The number of nitrogens with one attached hydrogen (secondary N) is 2. The first-order chi connectivity index (χ1) is 12.5. The molecule has 7 heteroatoms. The van der Waals surface area contributed by atoms with Gasteiger partial charge in [0.1, 0.15) is 6.04 Å². The van der Waals surface area contributed by atoms with E-state index in [4.69, 9.17) is 5.73 Å². The van der Waals surface area contributed by atoms with Gasteiger partial charge < -0.3 is 16.0 Å². The van der Waals surface area contributed by atoms with Crippen LogP contribution in [-0.2, 0) is 22.7 Å². The number of rotatable bonds is 4. The molecular weight excluding hydrogens is 332 g/mol. The number of fused-ring (bicyclic) bond motifs is 1. The molecule has 2 aliphatic heterocycles. The molecule has 1 saturated heterocycles. The first-order valence-corrected chi connectivity index (χ1v) is 9.27. The fourth-order valence-electron chi connectivity index (χ4n) is 4.29. The highest BCUT2D eigenvalue weighted by atomic mass is 16.2. The van der Waals surface area contributed by atoms with Gasteiger partial charge in [-0.25, -0.2) is 0 Å². The summed E-state index contributed by atoms with van der Waals surface area (Å²) in [6, 6.07) is 5.95. The van der Waals surface area contributed by atoms with Crippen LogP contribution >= 0.6 is 0 Å². The number of nitrogens with zero attached hydrogens (tertiary/aromatic N) is 1. The number of hydrogen-bond donors (Lipinski definition) is 3. The number of nitrogens with two attached hydrogens (primary N) is 1. The van der Waals surface area contributed by atoms with Crippen molar-refractivity contribution in [3.8, 4) is 0 Å². The van der Waals surface area contributed by atoms with Crippen LogP contribution in [0.2, 0.25) is 0 Å². The summed E-state index contributed by atoms with van der Waals surface area (Å²) in [6.07, 6.45) is 3.72. The van der Waals surface area contributed by atoms with Crippen molar-refractivity contribution in [1.29, 1.82) is 0 Å². The second-order valence-electron chi connectivity index (χ2n) is 7.50. The zero-order chi connectivity index (χ0) is 18.3. The van der Waals surface area contributed by atoms with Crippen LogP contribution in [0.1, 0.15) is 53.6 Å². The van der Waals surface area contributed by atoms with E-state index in [1.54, 1.807) is 4.90 Å². The number of imide groups is 1. The lowest BCUT2D eigenvalue weighted by molar-refractivity contribution is -0.136. The smallest absolute Gasteiger partial charge is 0.255 e. The molecule has 3 atom stereocenters. The van der Waals surface area contributed by atoms with Gasteiger partial charge in [0.25, 0.3) is 5.91 Å². The van der Waals surface area contributed by atoms with Crippen molar-refractivity contribution in [2.24, 2.45) is 5.73 Å². The quantitative estimate of drug-likeness (QED) is 0.678. The molecule has 1 aromatic rings. The Morgan fingerprint density at radius 1 is 1.19 bits per heavy atom. The minimum atomic E-state index is -0.568. The van der Waals surface area contributed by atoms with Crippen molar-refractivity contribution >= 4 is 17.7 Å². The summed E-state index contributed by atoms with van der Waals surface area (Å²) in [5.41, 5.74) is 8.58. The summed E-state index contributed by atoms with van der Waals surface area (Å²) in [4.78, 5) is 38.1. The van der Waals surface area contributed by atoms with E-state index in [1.165, 1.54) is 0 Å². The second kappa shape index (κ2) is 6.81. The van der Waals surface area contributed by atoms with Crippen LogP contribution in [0.3, 0.4) is 0 Å². The van der Waals surface area contributed by atoms with Gasteiger partial charge in [-0.15, -0.1) is 0 Å². The van der Waals surface area contributed by atoms with Gasteiger partial charge >= 0.3 is 0 Å². The van der Waals surface area contributed by atoms with Gasteiger partial charge in [0.2, 0.25) is 11.8 Å². The average molecular weight is 356 g/mol. The molecule has 2 heterocycles. The SMILES string of the molecule is NC1CCC(NCc2cccc3c2C(=O)N(C2CCC(=O)NC2=O)C3)C1. The molecule has 0 aromatic heterocycles. The summed E-state index contributed by atoms with van der Waals surface area (Å²) in [6.45, 7) is 1.04. The summed E-state index contributed by atoms with van der Waals surface area (Å²) < 4.78 is 0. The Hall–Kier alpha value is -2.25. The van der Waals surface area contributed by atoms with Crippen molar-refractivity contribution in [3.05, 3.63) is 34.9 Å². The Kier molecular flexibility index (Phi) is 4.50. The number of carbonyl (C=O) groups excluding carboxylic acids is 3. The van der Waals surface area contributed by atoms with Crippen molar-refractivity contribution in [3.63, 3.8) is 0 Å². The van der Waals surface area contributed by atoms with Crippen LogP contribution in [0.25, 0.3) is 0 Å². The predicted molar refractivity (Wildman–Crippen MR) is 94.9 cm³/mol. The maximum atomic E-state index is 13.0. The van der Waals surface area contributed by atoms with Crippen molar-refractivity contribution < 1.29 is 14.4 Å². The number of hydrogen-bond acceptors (Lipinski definition) is 5. The molecule has 1 saturated carbocycles. The molecule has 1 aliphatic carbocycles. The van der Waals surface area contributed by atoms with Crippen LogP contribution in [0, 0.1) is 0 Å². The van der Waals surface area contributed by atoms with Crippen LogP contribution in [0.15, 0.2) is 18.2 Å². The van der Waals surface area contributed by atoms with Crippen molar-refractivity contribution in [2.45, 2.75) is 63.3 Å². The number of amides is 3. The Labute approximate surface area is 152 Å². The van der Waals surface area contributed by atoms with Gasteiger partial charge in [0, 0.05) is 37.2 Å². The number of benzene rings is 1. The van der Waals surface area contributed by atoms with E-state index in [2.05, 4.69) is 10.6 Å². The van der Waals surface area contributed by atoms with E-state index in [0.29, 0.717) is 31.1 Å². The van der Waals surface area contributed by atoms with Crippen molar-refractivity contribution in [1.82, 2.24) is 15.5 Å². The van der Waals surface area contributed by atoms with Gasteiger partial charge in [-0.3, -0.25) is 19.7 Å². The van der Waals surface area contributed by atoms with E-state index in [1.807, 2.05) is 18.2 Å². The van der Waals surface area contributed by atoms with Gasteiger partial charge in [0.15, 0.2) is 0 Å². The van der Waals surface area contributed by atoms with Crippen molar-refractivity contribution in [2.75, 3.05) is 0 Å². The highest BCUT2D eigenvalue weighted by molar-refractivity contribution is 6.05. The fourth-order valence-corrected chi connectivity index (χ4v) is 4.29. The van der Waals surface area contributed by atoms with Gasteiger partial charge in [-0.05, 0) is 36.8 Å². The van der Waals surface area contributed by atoms with E-state index in [0.717, 1.165) is 30.4 Å². The molecule has 3 unspecified atom stereocenters. The molecule has 0 spiro atoms. The van der Waals surface area contributed by atoms with E-state index < -0.39 is 6.04 Å². The van der Waals surface area contributed by atoms with Gasteiger partial charge in [0.05, 0.1) is 0 Å². The minimum absolute atomic E-state index is 0.116. The standard InChI is InChI=1S/C19H24N4O3/c20-13-4-5-14(8-13)21-9-11-2-1-3-12-10-23(19(26)17(11)12)15-6-7-16(24)22-18(15)25/h1-3,13-15,21H,4-10,20H2,(H,22,24,25). The third-order valence-corrected chi connectivity index (χ3v) is 5.69. The molecule has 1 aromatic carbocycles. The topological polar surface area (TPSA) is 105 Å². The van der Waals surface area contributed by atoms with E-state index in [-0.39, 0.29) is 30.2 Å². The maximum Gasteiger partial charge on any atom is 0.255 e. The van der Waals surface area contributed by atoms with Gasteiger partial charge in [-0.1, -0.05) is 18.2 Å². The molecule has 0 radical (unpaired) electrons. The number of carbonyl (C=O) groups is 3. The monoisotopic (exact) mass is 356 g/mol. The Morgan fingerprint density at radius 3 is 2.77 bits per heavy atom. The Bertz CT molecular complexity index is 763. The molecule has 2 fully saturated rings. The third kappa shape index (κ3) is 3.12. The predicted octanol–water partition coefficient (Wildman–Crippen LogP) is 0.417. The minimum Gasteiger partial charge on any atom is -0.328 e. The fraction of sp³-hybridized carbons (Fsp3) is 0.526. The van der Waals surface area contributed by atoms with Crippen LogP contribution in [0.5, 0.6) is 0 Å². The summed E-state index contributed by atoms with van der Waals surface area (Å²) in [7, 11) is 0. The second-order valence-corrected chi connectivity index (χ2v) is 7.50. The van der Waals surface area contributed by atoms with E-state index >= 15 is 0 Å². The largest absolute Gasteiger partial charge is 0.328 e.